The smallest absolute Gasteiger partial charge is 0.417 e. The average Bonchev–Trinajstić information content (AvgIpc) is 3.87. The number of nitrogens with zero attached hydrogens (tertiary/aromatic N) is 6. The molecule has 3 fully saturated rings. The molecule has 4 atom stereocenters. The molecular formula is C37H39F6N7O2S. The molecule has 3 saturated heterocycles. The second-order valence-corrected chi connectivity index (χ2v) is 15.6. The number of carbonyl (C=O) groups is 1. The molecule has 2 aromatic carbocycles. The Hall–Kier alpha value is -4.36. The Morgan fingerprint density at radius 1 is 1.25 bits per heavy atom. The zero-order valence-electron chi connectivity index (χ0n) is 29.7. The van der Waals surface area contributed by atoms with Gasteiger partial charge in [-0.25, -0.2) is 13.2 Å². The lowest BCUT2D eigenvalue weighted by Gasteiger charge is -2.35. The van der Waals surface area contributed by atoms with E-state index in [1.54, 1.807) is 30.7 Å². The minimum atomic E-state index is -5.12. The molecule has 7 rings (SSSR count). The standard InChI is InChI=1S/C37H39F6N7O2S/c1-5-25-26(9-12-50(25)34(51)18(2)3)48(4)33-21-13-23(37(41,42)43)28(20-7-8-24(39)31-27(20)22(15-44)32(45)53-31)29(40)30(21)46-35(47-33)52-17-36-10-6-11-49(36)16-19(38)14-36/h7-8,13,18-19,25-26H,5-6,9-12,14,16-17,45H2,1-4H3/t19-,25-,26-,36+/m1/s1. The number of benzene rings is 2. The van der Waals surface area contributed by atoms with Crippen molar-refractivity contribution >= 4 is 49.1 Å². The number of likely N-dealkylation sites (tertiary alicyclic amines) is 1. The Labute approximate surface area is 306 Å². The summed E-state index contributed by atoms with van der Waals surface area (Å²) in [5.41, 5.74) is 1.90. The van der Waals surface area contributed by atoms with Crippen LogP contribution in [-0.4, -0.2) is 82.8 Å². The molecule has 9 nitrogen and oxygen atoms in total. The van der Waals surface area contributed by atoms with Gasteiger partial charge in [0.15, 0.2) is 5.82 Å². The van der Waals surface area contributed by atoms with E-state index in [1.165, 1.54) is 0 Å². The number of anilines is 2. The second-order valence-electron chi connectivity index (χ2n) is 14.6. The van der Waals surface area contributed by atoms with Crippen molar-refractivity contribution in [3.63, 3.8) is 0 Å². The van der Waals surface area contributed by atoms with Crippen molar-refractivity contribution in [1.82, 2.24) is 19.8 Å². The summed E-state index contributed by atoms with van der Waals surface area (Å²) >= 11 is 0.682. The molecule has 1 amide bonds. The molecule has 2 aromatic heterocycles. The molecule has 0 spiro atoms. The van der Waals surface area contributed by atoms with E-state index in [-0.39, 0.29) is 80.9 Å². The van der Waals surface area contributed by atoms with Gasteiger partial charge >= 0.3 is 12.2 Å². The van der Waals surface area contributed by atoms with Crippen molar-refractivity contribution < 1.29 is 35.9 Å². The molecule has 0 bridgehead atoms. The van der Waals surface area contributed by atoms with Gasteiger partial charge in [-0.15, -0.1) is 11.3 Å². The number of nitriles is 1. The maximum atomic E-state index is 17.2. The summed E-state index contributed by atoms with van der Waals surface area (Å²) in [7, 11) is 1.64. The van der Waals surface area contributed by atoms with Gasteiger partial charge in [0.2, 0.25) is 5.91 Å². The molecule has 0 saturated carbocycles. The topological polar surface area (TPSA) is 112 Å². The fourth-order valence-corrected chi connectivity index (χ4v) is 9.66. The Bertz CT molecular complexity index is 2150. The molecule has 16 heteroatoms. The summed E-state index contributed by atoms with van der Waals surface area (Å²) in [4.78, 5) is 27.6. The minimum Gasteiger partial charge on any atom is -0.461 e. The average molecular weight is 760 g/mol. The summed E-state index contributed by atoms with van der Waals surface area (Å²) < 4.78 is 98.2. The highest BCUT2D eigenvalue weighted by Gasteiger charge is 2.50. The van der Waals surface area contributed by atoms with Gasteiger partial charge in [-0.2, -0.15) is 28.4 Å². The van der Waals surface area contributed by atoms with E-state index in [4.69, 9.17) is 10.5 Å². The van der Waals surface area contributed by atoms with Gasteiger partial charge < -0.3 is 20.3 Å². The normalized spacial score (nSPS) is 23.4. The number of halogens is 6. The number of hydrogen-bond acceptors (Lipinski definition) is 9. The number of alkyl halides is 4. The van der Waals surface area contributed by atoms with Crippen molar-refractivity contribution in [3.8, 4) is 23.2 Å². The number of likely N-dealkylation sites (N-methyl/N-ethyl adjacent to an activating group) is 1. The van der Waals surface area contributed by atoms with Crippen molar-refractivity contribution in [2.75, 3.05) is 43.9 Å². The number of rotatable bonds is 8. The molecule has 2 N–H and O–H groups in total. The van der Waals surface area contributed by atoms with Crippen LogP contribution in [0.2, 0.25) is 0 Å². The molecule has 282 valence electrons. The van der Waals surface area contributed by atoms with Crippen LogP contribution in [0.3, 0.4) is 0 Å². The lowest BCUT2D eigenvalue weighted by atomic mass is 9.92. The summed E-state index contributed by atoms with van der Waals surface area (Å²) in [5, 5.41) is 9.25. The second kappa shape index (κ2) is 13.5. The Morgan fingerprint density at radius 3 is 2.68 bits per heavy atom. The van der Waals surface area contributed by atoms with Crippen LogP contribution in [0.15, 0.2) is 18.2 Å². The number of ether oxygens (including phenoxy) is 1. The molecule has 3 aliphatic rings. The molecule has 0 aliphatic carbocycles. The monoisotopic (exact) mass is 759 g/mol. The molecule has 0 unspecified atom stereocenters. The van der Waals surface area contributed by atoms with Crippen LogP contribution in [0.25, 0.3) is 32.1 Å². The first-order valence-electron chi connectivity index (χ1n) is 17.7. The van der Waals surface area contributed by atoms with Crippen molar-refractivity contribution in [2.45, 2.75) is 82.8 Å². The number of amides is 1. The molecule has 4 aromatic rings. The first kappa shape index (κ1) is 37.0. The highest BCUT2D eigenvalue weighted by molar-refractivity contribution is 7.23. The van der Waals surface area contributed by atoms with Crippen molar-refractivity contribution in [3.05, 3.63) is 41.0 Å². The molecule has 3 aliphatic heterocycles. The third-order valence-corrected chi connectivity index (χ3v) is 12.2. The lowest BCUT2D eigenvalue weighted by Crippen LogP contribution is -2.46. The lowest BCUT2D eigenvalue weighted by molar-refractivity contribution is -0.137. The number of fused-ring (bicyclic) bond motifs is 3. The predicted molar refractivity (Wildman–Crippen MR) is 190 cm³/mol. The number of nitrogens with two attached hydrogens (primary N) is 1. The van der Waals surface area contributed by atoms with E-state index in [2.05, 4.69) is 9.97 Å². The van der Waals surface area contributed by atoms with Crippen molar-refractivity contribution in [1.29, 1.82) is 5.26 Å². The number of hydrogen-bond donors (Lipinski definition) is 1. The van der Waals surface area contributed by atoms with Crippen LogP contribution in [0.1, 0.15) is 64.0 Å². The molecule has 0 radical (unpaired) electrons. The largest absolute Gasteiger partial charge is 0.461 e. The van der Waals surface area contributed by atoms with Gasteiger partial charge in [-0.05, 0) is 49.9 Å². The Balaban J connectivity index is 1.44. The highest BCUT2D eigenvalue weighted by Crippen LogP contribution is 2.48. The number of aromatic nitrogens is 2. The Morgan fingerprint density at radius 2 is 2.00 bits per heavy atom. The third-order valence-electron chi connectivity index (χ3n) is 11.2. The van der Waals surface area contributed by atoms with Crippen LogP contribution < -0.4 is 15.4 Å². The summed E-state index contributed by atoms with van der Waals surface area (Å²) in [5.74, 6) is -2.58. The maximum Gasteiger partial charge on any atom is 0.417 e. The highest BCUT2D eigenvalue weighted by atomic mass is 32.1. The van der Waals surface area contributed by atoms with E-state index in [0.29, 0.717) is 43.7 Å². The molecular weight excluding hydrogens is 721 g/mol. The predicted octanol–water partition coefficient (Wildman–Crippen LogP) is 7.69. The van der Waals surface area contributed by atoms with Crippen LogP contribution in [0.4, 0.5) is 37.2 Å². The van der Waals surface area contributed by atoms with E-state index in [9.17, 15) is 18.8 Å². The minimum absolute atomic E-state index is 0.0207. The quantitative estimate of drug-likeness (QED) is 0.182. The van der Waals surface area contributed by atoms with Crippen LogP contribution in [0, 0.1) is 28.9 Å². The van der Waals surface area contributed by atoms with Crippen LogP contribution in [-0.2, 0) is 11.0 Å². The van der Waals surface area contributed by atoms with Gasteiger partial charge in [0, 0.05) is 48.8 Å². The van der Waals surface area contributed by atoms with E-state index < -0.39 is 52.2 Å². The first-order chi connectivity index (χ1) is 25.1. The first-order valence-corrected chi connectivity index (χ1v) is 18.5. The number of carbonyl (C=O) groups excluding carboxylic acids is 1. The van der Waals surface area contributed by atoms with Gasteiger partial charge in [-0.1, -0.05) is 26.8 Å². The summed E-state index contributed by atoms with van der Waals surface area (Å²) in [6.07, 6.45) is -3.45. The summed E-state index contributed by atoms with van der Waals surface area (Å²) in [6, 6.07) is 3.49. The van der Waals surface area contributed by atoms with Crippen LogP contribution in [0.5, 0.6) is 6.01 Å². The van der Waals surface area contributed by atoms with E-state index in [0.717, 1.165) is 24.6 Å². The van der Waals surface area contributed by atoms with Crippen LogP contribution >= 0.6 is 11.3 Å². The summed E-state index contributed by atoms with van der Waals surface area (Å²) in [6.45, 7) is 6.84. The zero-order chi connectivity index (χ0) is 38.1. The van der Waals surface area contributed by atoms with Crippen molar-refractivity contribution in [2.24, 2.45) is 5.92 Å². The fraction of sp³-hybridized carbons (Fsp3) is 0.514. The maximum absolute atomic E-state index is 17.2. The fourth-order valence-electron chi connectivity index (χ4n) is 8.71. The SMILES string of the molecule is CC[C@@H]1[C@H](N(C)c2nc(OC[C@@]34CCCN3C[C@H](F)C4)nc3c(F)c(-c4ccc(F)c5sc(N)c(C#N)c45)c(C(F)(F)F)cc23)CCN1C(=O)C(C)C. The molecule has 53 heavy (non-hydrogen) atoms. The number of thiophene rings is 1. The number of nitrogen functional groups attached to an aromatic ring is 1. The van der Waals surface area contributed by atoms with E-state index >= 15 is 17.6 Å². The van der Waals surface area contributed by atoms with Gasteiger partial charge in [-0.3, -0.25) is 9.69 Å². The van der Waals surface area contributed by atoms with Gasteiger partial charge in [0.1, 0.15) is 41.0 Å². The molecule has 5 heterocycles. The third kappa shape index (κ3) is 6.09. The zero-order valence-corrected chi connectivity index (χ0v) is 30.5. The van der Waals surface area contributed by atoms with E-state index in [1.807, 2.05) is 17.9 Å². The Kier molecular flexibility index (Phi) is 9.41. The van der Waals surface area contributed by atoms with Gasteiger partial charge in [0.05, 0.1) is 33.4 Å². The van der Waals surface area contributed by atoms with Gasteiger partial charge in [0.25, 0.3) is 0 Å².